The Labute approximate surface area is 183 Å². The molecular weight excluding hydrogens is 431 g/mol. The van der Waals surface area contributed by atoms with Crippen LogP contribution in [-0.4, -0.2) is 53.8 Å². The average Bonchev–Trinajstić information content (AvgIpc) is 3.39. The van der Waals surface area contributed by atoms with Gasteiger partial charge in [-0.3, -0.25) is 9.69 Å². The van der Waals surface area contributed by atoms with E-state index in [4.69, 9.17) is 4.74 Å². The predicted molar refractivity (Wildman–Crippen MR) is 111 cm³/mol. The van der Waals surface area contributed by atoms with Crippen molar-refractivity contribution < 1.29 is 27.8 Å². The molecule has 1 amide bonds. The van der Waals surface area contributed by atoms with Crippen molar-refractivity contribution in [2.24, 2.45) is 0 Å². The first kappa shape index (κ1) is 23.5. The highest BCUT2D eigenvalue weighted by atomic mass is 32.1. The number of halogens is 3. The number of nitrogens with one attached hydrogen (secondary N) is 1. The normalized spacial score (nSPS) is 17.9. The molecule has 1 aromatic heterocycles. The standard InChI is InChI=1S/C21H26F3N3O3S/c1-14-13-31-19(26-14)20(29,21(22,23)24)11-18(28)25-12-17(27-8-3-4-9-27)15-6-5-7-16(10-15)30-2/h5-7,10,13,17,29H,3-4,8-9,11-12H2,1-2H3,(H,25,28). The van der Waals surface area contributed by atoms with Crippen LogP contribution in [-0.2, 0) is 10.4 Å². The van der Waals surface area contributed by atoms with Gasteiger partial charge in [0.25, 0.3) is 0 Å². The molecule has 3 rings (SSSR count). The molecule has 1 fully saturated rings. The molecular formula is C21H26F3N3O3S. The number of methoxy groups -OCH3 is 1. The van der Waals surface area contributed by atoms with Crippen LogP contribution in [0.4, 0.5) is 13.2 Å². The van der Waals surface area contributed by atoms with Crippen LogP contribution in [0.3, 0.4) is 0 Å². The number of hydrogen-bond acceptors (Lipinski definition) is 6. The third kappa shape index (κ3) is 5.36. The highest BCUT2D eigenvalue weighted by molar-refractivity contribution is 7.09. The van der Waals surface area contributed by atoms with Crippen molar-refractivity contribution >= 4 is 17.2 Å². The van der Waals surface area contributed by atoms with Gasteiger partial charge in [0.15, 0.2) is 0 Å². The van der Waals surface area contributed by atoms with E-state index in [1.54, 1.807) is 7.11 Å². The summed E-state index contributed by atoms with van der Waals surface area (Å²) in [5.41, 5.74) is -2.06. The molecule has 2 atom stereocenters. The van der Waals surface area contributed by atoms with Gasteiger partial charge in [0.1, 0.15) is 10.8 Å². The highest BCUT2D eigenvalue weighted by Gasteiger charge is 2.58. The van der Waals surface area contributed by atoms with Gasteiger partial charge in [-0.1, -0.05) is 12.1 Å². The zero-order valence-corrected chi connectivity index (χ0v) is 18.2. The van der Waals surface area contributed by atoms with E-state index in [-0.39, 0.29) is 12.6 Å². The van der Waals surface area contributed by atoms with Crippen LogP contribution in [0, 0.1) is 6.92 Å². The van der Waals surface area contributed by atoms with Crippen LogP contribution in [0.2, 0.25) is 0 Å². The maximum Gasteiger partial charge on any atom is 0.424 e. The number of amides is 1. The molecule has 2 unspecified atom stereocenters. The van der Waals surface area contributed by atoms with E-state index in [0.29, 0.717) is 22.8 Å². The zero-order chi connectivity index (χ0) is 22.6. The number of thiazole rings is 1. The minimum atomic E-state index is -5.03. The first-order chi connectivity index (χ1) is 14.6. The largest absolute Gasteiger partial charge is 0.497 e. The summed E-state index contributed by atoms with van der Waals surface area (Å²) >= 11 is 0.688. The Morgan fingerprint density at radius 1 is 1.35 bits per heavy atom. The number of benzene rings is 1. The molecule has 2 N–H and O–H groups in total. The van der Waals surface area contributed by atoms with Gasteiger partial charge >= 0.3 is 6.18 Å². The number of aryl methyl sites for hydroxylation is 1. The molecule has 31 heavy (non-hydrogen) atoms. The molecule has 0 saturated carbocycles. The summed E-state index contributed by atoms with van der Waals surface area (Å²) in [5.74, 6) is -0.224. The quantitative estimate of drug-likeness (QED) is 0.634. The first-order valence-corrected chi connectivity index (χ1v) is 10.9. The maximum atomic E-state index is 13.7. The number of nitrogens with zero attached hydrogens (tertiary/aromatic N) is 2. The second-order valence-corrected chi connectivity index (χ2v) is 8.53. The fraction of sp³-hybridized carbons (Fsp3) is 0.524. The summed E-state index contributed by atoms with van der Waals surface area (Å²) in [5, 5.41) is 13.9. The van der Waals surface area contributed by atoms with Crippen molar-refractivity contribution in [3.8, 4) is 5.75 Å². The number of ether oxygens (including phenoxy) is 1. The number of carbonyl (C=O) groups is 1. The van der Waals surface area contributed by atoms with Gasteiger partial charge in [0, 0.05) is 17.6 Å². The Morgan fingerprint density at radius 3 is 2.65 bits per heavy atom. The summed E-state index contributed by atoms with van der Waals surface area (Å²) in [6.45, 7) is 3.33. The second kappa shape index (κ2) is 9.54. The van der Waals surface area contributed by atoms with E-state index in [9.17, 15) is 23.1 Å². The predicted octanol–water partition coefficient (Wildman–Crippen LogP) is 3.55. The second-order valence-electron chi connectivity index (χ2n) is 7.67. The molecule has 1 aromatic carbocycles. The van der Waals surface area contributed by atoms with Gasteiger partial charge < -0.3 is 15.2 Å². The van der Waals surface area contributed by atoms with E-state index in [1.165, 1.54) is 12.3 Å². The van der Waals surface area contributed by atoms with Crippen LogP contribution in [0.15, 0.2) is 29.6 Å². The number of aromatic nitrogens is 1. The summed E-state index contributed by atoms with van der Waals surface area (Å²) < 4.78 is 46.3. The molecule has 0 spiro atoms. The molecule has 1 aliphatic rings. The number of hydrogen-bond donors (Lipinski definition) is 2. The molecule has 0 bridgehead atoms. The number of aliphatic hydroxyl groups is 1. The van der Waals surface area contributed by atoms with Crippen LogP contribution in [0.25, 0.3) is 0 Å². The SMILES string of the molecule is COc1cccc(C(CNC(=O)CC(O)(c2nc(C)cs2)C(F)(F)F)N2CCCC2)c1. The van der Waals surface area contributed by atoms with Crippen molar-refractivity contribution in [1.82, 2.24) is 15.2 Å². The van der Waals surface area contributed by atoms with E-state index in [2.05, 4.69) is 15.2 Å². The van der Waals surface area contributed by atoms with Gasteiger partial charge in [0.2, 0.25) is 11.5 Å². The minimum Gasteiger partial charge on any atom is -0.497 e. The van der Waals surface area contributed by atoms with Crippen LogP contribution in [0.5, 0.6) is 5.75 Å². The van der Waals surface area contributed by atoms with Crippen molar-refractivity contribution in [3.05, 3.63) is 45.9 Å². The molecule has 0 aliphatic carbocycles. The Hall–Kier alpha value is -2.17. The van der Waals surface area contributed by atoms with Gasteiger partial charge in [-0.25, -0.2) is 4.98 Å². The molecule has 1 saturated heterocycles. The topological polar surface area (TPSA) is 74.7 Å². The first-order valence-electron chi connectivity index (χ1n) is 10.0. The summed E-state index contributed by atoms with van der Waals surface area (Å²) in [6, 6.07) is 7.21. The molecule has 0 radical (unpaired) electrons. The Balaban J connectivity index is 1.75. The molecule has 6 nitrogen and oxygen atoms in total. The van der Waals surface area contributed by atoms with Crippen LogP contribution in [0.1, 0.15) is 41.6 Å². The lowest BCUT2D eigenvalue weighted by Crippen LogP contribution is -2.47. The molecule has 1 aliphatic heterocycles. The van der Waals surface area contributed by atoms with E-state index < -0.39 is 29.1 Å². The van der Waals surface area contributed by atoms with Crippen molar-refractivity contribution in [1.29, 1.82) is 0 Å². The number of alkyl halides is 3. The van der Waals surface area contributed by atoms with Gasteiger partial charge in [-0.05, 0) is 50.6 Å². The maximum absolute atomic E-state index is 13.7. The lowest BCUT2D eigenvalue weighted by molar-refractivity contribution is -0.267. The van der Waals surface area contributed by atoms with Crippen LogP contribution >= 0.6 is 11.3 Å². The summed E-state index contributed by atoms with van der Waals surface area (Å²) in [6.07, 6.45) is -4.14. The number of rotatable bonds is 8. The van der Waals surface area contributed by atoms with Gasteiger partial charge in [0.05, 0.1) is 19.6 Å². The number of carbonyl (C=O) groups excluding carboxylic acids is 1. The van der Waals surface area contributed by atoms with Crippen molar-refractivity contribution in [3.63, 3.8) is 0 Å². The summed E-state index contributed by atoms with van der Waals surface area (Å²) in [4.78, 5) is 18.5. The third-order valence-corrected chi connectivity index (χ3v) is 6.52. The Morgan fingerprint density at radius 2 is 2.06 bits per heavy atom. The monoisotopic (exact) mass is 457 g/mol. The van der Waals surface area contributed by atoms with E-state index >= 15 is 0 Å². The Kier molecular flexibility index (Phi) is 7.23. The van der Waals surface area contributed by atoms with Crippen LogP contribution < -0.4 is 10.1 Å². The van der Waals surface area contributed by atoms with E-state index in [1.807, 2.05) is 24.3 Å². The lowest BCUT2D eigenvalue weighted by Gasteiger charge is -2.30. The van der Waals surface area contributed by atoms with E-state index in [0.717, 1.165) is 31.5 Å². The average molecular weight is 458 g/mol. The molecule has 2 heterocycles. The number of likely N-dealkylation sites (tertiary alicyclic amines) is 1. The fourth-order valence-corrected chi connectivity index (χ4v) is 4.62. The van der Waals surface area contributed by atoms with Crippen molar-refractivity contribution in [2.75, 3.05) is 26.7 Å². The molecule has 10 heteroatoms. The molecule has 170 valence electrons. The highest BCUT2D eigenvalue weighted by Crippen LogP contribution is 2.42. The summed E-state index contributed by atoms with van der Waals surface area (Å²) in [7, 11) is 1.56. The minimum absolute atomic E-state index is 0.122. The smallest absolute Gasteiger partial charge is 0.424 e. The molecule has 2 aromatic rings. The van der Waals surface area contributed by atoms with Gasteiger partial charge in [-0.15, -0.1) is 11.3 Å². The lowest BCUT2D eigenvalue weighted by atomic mass is 9.99. The Bertz CT molecular complexity index is 899. The third-order valence-electron chi connectivity index (χ3n) is 5.41. The fourth-order valence-electron chi connectivity index (χ4n) is 3.71. The van der Waals surface area contributed by atoms with Crippen molar-refractivity contribution in [2.45, 2.75) is 44.0 Å². The zero-order valence-electron chi connectivity index (χ0n) is 17.4. The van der Waals surface area contributed by atoms with Gasteiger partial charge in [-0.2, -0.15) is 13.2 Å².